The maximum Gasteiger partial charge on any atom is 0.466 e. The van der Waals surface area contributed by atoms with E-state index in [4.69, 9.17) is 24.0 Å². The molecule has 1 saturated heterocycles. The van der Waals surface area contributed by atoms with Gasteiger partial charge in [-0.05, 0) is 50.4 Å². The number of hydrogen-bond acceptors (Lipinski definition) is 3. The summed E-state index contributed by atoms with van der Waals surface area (Å²) in [5.74, 6) is 1.03. The Hall–Kier alpha value is -1.69. The number of likely N-dealkylation sites (tertiary alicyclic amines) is 1. The summed E-state index contributed by atoms with van der Waals surface area (Å²) in [6.45, 7) is 6.61. The predicted molar refractivity (Wildman–Crippen MR) is 115 cm³/mol. The van der Waals surface area contributed by atoms with Crippen LogP contribution in [0.4, 0.5) is 0 Å². The molecule has 1 heterocycles. The van der Waals surface area contributed by atoms with Gasteiger partial charge in [0.05, 0.1) is 0 Å². The average molecular weight is 421 g/mol. The van der Waals surface area contributed by atoms with Crippen LogP contribution < -0.4 is 4.74 Å². The molecule has 2 aromatic rings. The molecule has 1 aliphatic heterocycles. The lowest BCUT2D eigenvalue weighted by atomic mass is 10.0. The predicted octanol–water partition coefficient (Wildman–Crippen LogP) is 3.99. The van der Waals surface area contributed by atoms with Gasteiger partial charge in [-0.15, -0.1) is 0 Å². The van der Waals surface area contributed by atoms with Gasteiger partial charge in [-0.2, -0.15) is 0 Å². The molecule has 0 aromatic heterocycles. The Morgan fingerprint density at radius 3 is 2.34 bits per heavy atom. The molecule has 0 saturated carbocycles. The van der Waals surface area contributed by atoms with Crippen LogP contribution in [0.25, 0.3) is 0 Å². The van der Waals surface area contributed by atoms with Crippen molar-refractivity contribution < 1.29 is 24.0 Å². The van der Waals surface area contributed by atoms with Crippen LogP contribution in [-0.2, 0) is 11.0 Å². The number of rotatable bonds is 6. The average Bonchev–Trinajstić information content (AvgIpc) is 2.67. The molecule has 2 atom stereocenters. The molecular weight excluding hydrogens is 389 g/mol. The van der Waals surface area contributed by atoms with Crippen LogP contribution in [0, 0.1) is 0 Å². The Kier molecular flexibility index (Phi) is 9.34. The zero-order valence-corrected chi connectivity index (χ0v) is 18.0. The van der Waals surface area contributed by atoms with Gasteiger partial charge in [0.1, 0.15) is 12.4 Å². The monoisotopic (exact) mass is 421 g/mol. The maximum absolute atomic E-state index is 8.88. The minimum atomic E-state index is -4.64. The lowest BCUT2D eigenvalue weighted by molar-refractivity contribution is 0.0814. The van der Waals surface area contributed by atoms with Gasteiger partial charge < -0.3 is 19.4 Å². The molecule has 1 aliphatic rings. The van der Waals surface area contributed by atoms with E-state index in [-0.39, 0.29) is 0 Å². The van der Waals surface area contributed by atoms with Gasteiger partial charge in [0.15, 0.2) is 0 Å². The number of para-hydroxylation sites is 1. The summed E-state index contributed by atoms with van der Waals surface area (Å²) in [5, 5.41) is 0. The van der Waals surface area contributed by atoms with Crippen molar-refractivity contribution in [2.24, 2.45) is 0 Å². The lowest BCUT2D eigenvalue weighted by Crippen LogP contribution is -2.46. The van der Waals surface area contributed by atoms with Crippen molar-refractivity contribution >= 4 is 7.82 Å². The summed E-state index contributed by atoms with van der Waals surface area (Å²) in [6, 6.07) is 20.2. The van der Waals surface area contributed by atoms with E-state index in [9.17, 15) is 0 Å². The molecular formula is C22H32NO5P. The summed E-state index contributed by atoms with van der Waals surface area (Å²) in [5.41, 5.74) is 2.59. The van der Waals surface area contributed by atoms with E-state index >= 15 is 0 Å². The fourth-order valence-corrected chi connectivity index (χ4v) is 3.69. The molecule has 29 heavy (non-hydrogen) atoms. The number of hydrogen-bond donors (Lipinski definition) is 3. The standard InChI is InChI=1S/C22H29NO.H3O4P/c1-18-10-8-9-15-23(18)19(2)17-24-22-14-7-6-13-21(22)16-20-11-4-3-5-12-20;1-5(2,3)4/h3-7,11-14,18-19H,8-10,15-17H2,1-2H3;(H3,1,2,3,4)/t18-,19?;/m0./s1. The number of benzene rings is 2. The van der Waals surface area contributed by atoms with Gasteiger partial charge in [-0.25, -0.2) is 4.57 Å². The Morgan fingerprint density at radius 2 is 1.69 bits per heavy atom. The molecule has 0 spiro atoms. The van der Waals surface area contributed by atoms with Gasteiger partial charge in [0, 0.05) is 18.5 Å². The fourth-order valence-electron chi connectivity index (χ4n) is 3.69. The van der Waals surface area contributed by atoms with E-state index in [2.05, 4.69) is 73.3 Å². The van der Waals surface area contributed by atoms with Crippen LogP contribution in [-0.4, -0.2) is 44.8 Å². The second-order valence-corrected chi connectivity index (χ2v) is 8.55. The van der Waals surface area contributed by atoms with Crippen LogP contribution in [0.1, 0.15) is 44.2 Å². The lowest BCUT2D eigenvalue weighted by Gasteiger charge is -2.37. The third kappa shape index (κ3) is 9.11. The van der Waals surface area contributed by atoms with Crippen molar-refractivity contribution in [1.29, 1.82) is 0 Å². The first kappa shape index (κ1) is 23.6. The molecule has 3 rings (SSSR count). The molecule has 7 heteroatoms. The zero-order chi connectivity index (χ0) is 21.3. The van der Waals surface area contributed by atoms with Gasteiger partial charge >= 0.3 is 7.82 Å². The van der Waals surface area contributed by atoms with Crippen molar-refractivity contribution in [2.45, 2.75) is 51.6 Å². The minimum absolute atomic E-state index is 0.463. The highest BCUT2D eigenvalue weighted by molar-refractivity contribution is 7.45. The van der Waals surface area contributed by atoms with Gasteiger partial charge in [0.25, 0.3) is 0 Å². The van der Waals surface area contributed by atoms with Crippen LogP contribution in [0.2, 0.25) is 0 Å². The minimum Gasteiger partial charge on any atom is -0.492 e. The van der Waals surface area contributed by atoms with Crippen molar-refractivity contribution in [1.82, 2.24) is 4.90 Å². The molecule has 0 aliphatic carbocycles. The second-order valence-electron chi connectivity index (χ2n) is 7.53. The van der Waals surface area contributed by atoms with Crippen LogP contribution in [0.3, 0.4) is 0 Å². The molecule has 1 fully saturated rings. The van der Waals surface area contributed by atoms with Crippen molar-refractivity contribution in [2.75, 3.05) is 13.2 Å². The third-order valence-corrected chi connectivity index (χ3v) is 5.11. The first-order valence-corrected chi connectivity index (χ1v) is 11.6. The molecule has 0 radical (unpaired) electrons. The van der Waals surface area contributed by atoms with E-state index in [0.717, 1.165) is 18.8 Å². The quantitative estimate of drug-likeness (QED) is 0.611. The molecule has 1 unspecified atom stereocenters. The van der Waals surface area contributed by atoms with E-state index in [1.54, 1.807) is 0 Å². The molecule has 3 N–H and O–H groups in total. The third-order valence-electron chi connectivity index (χ3n) is 5.11. The SMILES string of the molecule is CC(COc1ccccc1Cc1ccccc1)N1CCCC[C@@H]1C.O=P(O)(O)O. The molecule has 0 amide bonds. The van der Waals surface area contributed by atoms with Gasteiger partial charge in [-0.1, -0.05) is 55.0 Å². The molecule has 6 nitrogen and oxygen atoms in total. The van der Waals surface area contributed by atoms with Crippen molar-refractivity contribution in [3.05, 3.63) is 65.7 Å². The maximum atomic E-state index is 8.88. The van der Waals surface area contributed by atoms with E-state index in [0.29, 0.717) is 12.1 Å². The summed E-state index contributed by atoms with van der Waals surface area (Å²) < 4.78 is 15.1. The fraction of sp³-hybridized carbons (Fsp3) is 0.455. The zero-order valence-electron chi connectivity index (χ0n) is 17.1. The summed E-state index contributed by atoms with van der Waals surface area (Å²) >= 11 is 0. The van der Waals surface area contributed by atoms with Crippen LogP contribution in [0.5, 0.6) is 5.75 Å². The largest absolute Gasteiger partial charge is 0.492 e. The van der Waals surface area contributed by atoms with E-state index in [1.807, 2.05) is 0 Å². The number of ether oxygens (including phenoxy) is 1. The van der Waals surface area contributed by atoms with Gasteiger partial charge in [-0.3, -0.25) is 4.90 Å². The Bertz CT molecular complexity index is 772. The highest BCUT2D eigenvalue weighted by atomic mass is 31.2. The van der Waals surface area contributed by atoms with E-state index in [1.165, 1.54) is 36.9 Å². The van der Waals surface area contributed by atoms with Crippen molar-refractivity contribution in [3.63, 3.8) is 0 Å². The highest BCUT2D eigenvalue weighted by Crippen LogP contribution is 2.26. The summed E-state index contributed by atoms with van der Waals surface area (Å²) in [4.78, 5) is 24.2. The number of piperidine rings is 1. The molecule has 0 bridgehead atoms. The Labute approximate surface area is 173 Å². The normalized spacial score (nSPS) is 18.4. The number of nitrogens with zero attached hydrogens (tertiary/aromatic N) is 1. The highest BCUT2D eigenvalue weighted by Gasteiger charge is 2.23. The molecule has 2 aromatic carbocycles. The van der Waals surface area contributed by atoms with Gasteiger partial charge in [0.2, 0.25) is 0 Å². The Balaban J connectivity index is 0.000000537. The first-order valence-electron chi connectivity index (χ1n) is 10.0. The van der Waals surface area contributed by atoms with Crippen molar-refractivity contribution in [3.8, 4) is 5.75 Å². The second kappa shape index (κ2) is 11.5. The van der Waals surface area contributed by atoms with E-state index < -0.39 is 7.82 Å². The smallest absolute Gasteiger partial charge is 0.466 e. The first-order chi connectivity index (χ1) is 13.7. The Morgan fingerprint density at radius 1 is 1.07 bits per heavy atom. The topological polar surface area (TPSA) is 90.2 Å². The molecule has 160 valence electrons. The summed E-state index contributed by atoms with van der Waals surface area (Å²) in [6.07, 6.45) is 4.92. The van der Waals surface area contributed by atoms with Crippen LogP contribution >= 0.6 is 7.82 Å². The van der Waals surface area contributed by atoms with Crippen LogP contribution in [0.15, 0.2) is 54.6 Å². The number of phosphoric acid groups is 1. The summed E-state index contributed by atoms with van der Waals surface area (Å²) in [7, 11) is -4.64.